The van der Waals surface area contributed by atoms with Crippen molar-refractivity contribution in [1.82, 2.24) is 10.2 Å². The average Bonchev–Trinajstić information content (AvgIpc) is 2.81. The van der Waals surface area contributed by atoms with Crippen LogP contribution in [0.1, 0.15) is 44.1 Å². The highest BCUT2D eigenvalue weighted by Gasteiger charge is 2.35. The summed E-state index contributed by atoms with van der Waals surface area (Å²) in [6.07, 6.45) is 7.04. The van der Waals surface area contributed by atoms with Gasteiger partial charge in [-0.1, -0.05) is 55.3 Å². The number of piperidine rings is 1. The molecule has 6 heteroatoms. The van der Waals surface area contributed by atoms with E-state index >= 15 is 0 Å². The number of ether oxygens (including phenoxy) is 1. The summed E-state index contributed by atoms with van der Waals surface area (Å²) >= 11 is 0. The zero-order chi connectivity index (χ0) is 21.6. The molecule has 2 fully saturated rings. The van der Waals surface area contributed by atoms with Crippen LogP contribution in [-0.2, 0) is 25.5 Å². The van der Waals surface area contributed by atoms with Gasteiger partial charge >= 0.3 is 5.97 Å². The van der Waals surface area contributed by atoms with Crippen molar-refractivity contribution in [2.45, 2.75) is 51.0 Å². The Morgan fingerprint density at radius 1 is 0.968 bits per heavy atom. The Labute approximate surface area is 182 Å². The molecule has 2 atom stereocenters. The number of nitrogens with one attached hydrogen (secondary N) is 1. The number of esters is 1. The Morgan fingerprint density at radius 2 is 1.74 bits per heavy atom. The van der Waals surface area contributed by atoms with Gasteiger partial charge in [-0.2, -0.15) is 0 Å². The van der Waals surface area contributed by atoms with Crippen molar-refractivity contribution in [3.05, 3.63) is 48.0 Å². The van der Waals surface area contributed by atoms with Gasteiger partial charge in [-0.05, 0) is 47.9 Å². The van der Waals surface area contributed by atoms with Crippen LogP contribution < -0.4 is 5.32 Å². The number of amides is 2. The monoisotopic (exact) mass is 422 g/mol. The van der Waals surface area contributed by atoms with Gasteiger partial charge in [0.15, 0.2) is 6.61 Å². The topological polar surface area (TPSA) is 75.7 Å². The van der Waals surface area contributed by atoms with Crippen molar-refractivity contribution in [2.75, 3.05) is 19.7 Å². The molecule has 0 aromatic heterocycles. The number of fused-ring (bicyclic) bond motifs is 2. The van der Waals surface area contributed by atoms with E-state index < -0.39 is 5.97 Å². The van der Waals surface area contributed by atoms with Crippen LogP contribution in [0.2, 0.25) is 0 Å². The van der Waals surface area contributed by atoms with Gasteiger partial charge in [0.25, 0.3) is 5.91 Å². The van der Waals surface area contributed by atoms with E-state index in [-0.39, 0.29) is 31.4 Å². The molecule has 164 valence electrons. The smallest absolute Gasteiger partial charge is 0.325 e. The quantitative estimate of drug-likeness (QED) is 0.726. The molecule has 2 aliphatic rings. The summed E-state index contributed by atoms with van der Waals surface area (Å²) in [7, 11) is 0. The molecule has 0 radical (unpaired) electrons. The first kappa shape index (κ1) is 21.3. The largest absolute Gasteiger partial charge is 0.454 e. The first-order valence-electron chi connectivity index (χ1n) is 11.3. The third kappa shape index (κ3) is 5.24. The number of carbonyl (C=O) groups is 3. The van der Waals surface area contributed by atoms with E-state index in [0.29, 0.717) is 12.0 Å². The lowest BCUT2D eigenvalue weighted by Gasteiger charge is -2.44. The minimum Gasteiger partial charge on any atom is -0.454 e. The molecule has 2 amide bonds. The van der Waals surface area contributed by atoms with E-state index in [1.807, 2.05) is 47.4 Å². The molecule has 1 saturated heterocycles. The lowest BCUT2D eigenvalue weighted by atomic mass is 9.78. The molecule has 2 aromatic rings. The van der Waals surface area contributed by atoms with Gasteiger partial charge in [-0.15, -0.1) is 0 Å². The zero-order valence-corrected chi connectivity index (χ0v) is 17.8. The molecule has 1 heterocycles. The van der Waals surface area contributed by atoms with Gasteiger partial charge in [-0.25, -0.2) is 0 Å². The molecule has 0 bridgehead atoms. The molecule has 1 N–H and O–H groups in total. The first-order valence-corrected chi connectivity index (χ1v) is 11.3. The summed E-state index contributed by atoms with van der Waals surface area (Å²) in [5.41, 5.74) is 0.909. The number of rotatable bonds is 6. The van der Waals surface area contributed by atoms with Crippen LogP contribution in [0, 0.1) is 5.92 Å². The Morgan fingerprint density at radius 3 is 2.65 bits per heavy atom. The minimum absolute atomic E-state index is 0.118. The van der Waals surface area contributed by atoms with Crippen LogP contribution in [0.25, 0.3) is 10.8 Å². The Hall–Kier alpha value is -2.89. The number of hydrogen-bond donors (Lipinski definition) is 1. The van der Waals surface area contributed by atoms with Gasteiger partial charge in [0, 0.05) is 12.6 Å². The molecule has 4 rings (SSSR count). The van der Waals surface area contributed by atoms with Crippen LogP contribution in [0.3, 0.4) is 0 Å². The zero-order valence-electron chi connectivity index (χ0n) is 17.8. The second kappa shape index (κ2) is 9.94. The van der Waals surface area contributed by atoms with Crippen LogP contribution in [-0.4, -0.2) is 48.4 Å². The number of hydrogen-bond acceptors (Lipinski definition) is 4. The van der Waals surface area contributed by atoms with Gasteiger partial charge < -0.3 is 15.0 Å². The van der Waals surface area contributed by atoms with Crippen LogP contribution in [0.15, 0.2) is 42.5 Å². The minimum atomic E-state index is -0.586. The summed E-state index contributed by atoms with van der Waals surface area (Å²) in [6.45, 7) is 0.267. The van der Waals surface area contributed by atoms with E-state index in [1.54, 1.807) is 0 Å². The Bertz CT molecular complexity index is 950. The second-order valence-corrected chi connectivity index (χ2v) is 8.59. The van der Waals surface area contributed by atoms with Crippen molar-refractivity contribution in [3.63, 3.8) is 0 Å². The molecule has 0 spiro atoms. The average molecular weight is 423 g/mol. The van der Waals surface area contributed by atoms with E-state index in [4.69, 9.17) is 4.74 Å². The molecule has 1 aliphatic carbocycles. The maximum absolute atomic E-state index is 12.6. The maximum atomic E-state index is 12.6. The SMILES string of the molecule is O=C(Cc1cccc2ccccc12)NCC(=O)OCC(=O)N1CCC[C@@H]2CCCC[C@@H]21. The fourth-order valence-electron chi connectivity index (χ4n) is 5.06. The standard InChI is InChI=1S/C25H30N2O4/c28-23(15-20-10-5-9-18-7-1-3-12-21(18)20)26-16-25(30)31-17-24(29)27-14-6-11-19-8-2-4-13-22(19)27/h1,3,5,7,9-10,12,19,22H,2,4,6,8,11,13-17H2,(H,26,28)/t19-,22-/m0/s1. The summed E-state index contributed by atoms with van der Waals surface area (Å²) in [4.78, 5) is 38.9. The fourth-order valence-corrected chi connectivity index (χ4v) is 5.06. The molecule has 1 aliphatic heterocycles. The molecular weight excluding hydrogens is 392 g/mol. The van der Waals surface area contributed by atoms with Crippen molar-refractivity contribution in [3.8, 4) is 0 Å². The van der Waals surface area contributed by atoms with Gasteiger partial charge in [0.1, 0.15) is 6.54 Å². The molecular formula is C25H30N2O4. The number of benzene rings is 2. The van der Waals surface area contributed by atoms with Crippen molar-refractivity contribution in [1.29, 1.82) is 0 Å². The molecule has 1 saturated carbocycles. The molecule has 6 nitrogen and oxygen atoms in total. The van der Waals surface area contributed by atoms with Crippen molar-refractivity contribution >= 4 is 28.6 Å². The highest BCUT2D eigenvalue weighted by atomic mass is 16.5. The summed E-state index contributed by atoms with van der Waals surface area (Å²) in [6, 6.07) is 14.0. The first-order chi connectivity index (χ1) is 15.1. The second-order valence-electron chi connectivity index (χ2n) is 8.59. The third-order valence-electron chi connectivity index (χ3n) is 6.58. The summed E-state index contributed by atoms with van der Waals surface area (Å²) in [5, 5.41) is 4.70. The normalized spacial score (nSPS) is 20.7. The lowest BCUT2D eigenvalue weighted by molar-refractivity contribution is -0.154. The summed E-state index contributed by atoms with van der Waals surface area (Å²) < 4.78 is 5.16. The van der Waals surface area contributed by atoms with Crippen LogP contribution >= 0.6 is 0 Å². The molecule has 0 unspecified atom stereocenters. The van der Waals surface area contributed by atoms with Crippen molar-refractivity contribution < 1.29 is 19.1 Å². The number of likely N-dealkylation sites (tertiary alicyclic amines) is 1. The maximum Gasteiger partial charge on any atom is 0.325 e. The van der Waals surface area contributed by atoms with Crippen molar-refractivity contribution in [2.24, 2.45) is 5.92 Å². The van der Waals surface area contributed by atoms with Crippen LogP contribution in [0.5, 0.6) is 0 Å². The van der Waals surface area contributed by atoms with Gasteiger partial charge in [0.05, 0.1) is 6.42 Å². The van der Waals surface area contributed by atoms with E-state index in [1.165, 1.54) is 19.3 Å². The van der Waals surface area contributed by atoms with Gasteiger partial charge in [-0.3, -0.25) is 14.4 Å². The predicted octanol–water partition coefficient (Wildman–Crippen LogP) is 3.22. The highest BCUT2D eigenvalue weighted by molar-refractivity contribution is 5.91. The Kier molecular flexibility index (Phi) is 6.85. The van der Waals surface area contributed by atoms with E-state index in [2.05, 4.69) is 5.32 Å². The van der Waals surface area contributed by atoms with E-state index in [0.717, 1.165) is 42.1 Å². The fraction of sp³-hybridized carbons (Fsp3) is 0.480. The molecule has 2 aromatic carbocycles. The predicted molar refractivity (Wildman–Crippen MR) is 118 cm³/mol. The Balaban J connectivity index is 1.23. The van der Waals surface area contributed by atoms with E-state index in [9.17, 15) is 14.4 Å². The lowest BCUT2D eigenvalue weighted by Crippen LogP contribution is -2.51. The molecule has 31 heavy (non-hydrogen) atoms. The number of carbonyl (C=O) groups excluding carboxylic acids is 3. The highest BCUT2D eigenvalue weighted by Crippen LogP contribution is 2.35. The summed E-state index contributed by atoms with van der Waals surface area (Å²) in [5.74, 6) is -0.361. The number of nitrogens with zero attached hydrogens (tertiary/aromatic N) is 1. The third-order valence-corrected chi connectivity index (χ3v) is 6.58. The van der Waals surface area contributed by atoms with Gasteiger partial charge in [0.2, 0.25) is 5.91 Å². The van der Waals surface area contributed by atoms with Crippen LogP contribution in [0.4, 0.5) is 0 Å².